The van der Waals surface area contributed by atoms with Gasteiger partial charge in [-0.2, -0.15) is 0 Å². The lowest BCUT2D eigenvalue weighted by Gasteiger charge is -2.62. The first-order valence-corrected chi connectivity index (χ1v) is 9.50. The average Bonchev–Trinajstić information content (AvgIpc) is 3.24. The van der Waals surface area contributed by atoms with Crippen LogP contribution in [0.1, 0.15) is 32.6 Å². The maximum Gasteiger partial charge on any atom is 0.508 e. The van der Waals surface area contributed by atoms with Gasteiger partial charge in [0.25, 0.3) is 0 Å². The summed E-state index contributed by atoms with van der Waals surface area (Å²) < 4.78 is 23.1. The SMILES string of the molecule is CCN1C(=O)[C@]23COC(=O)O[C@@H]2CCC24CC5(OCCO5)C(CC23)[C@@H]14. The number of cyclic esters (lactones) is 1. The molecule has 3 heterocycles. The number of carbonyl (C=O) groups is 2. The zero-order chi connectivity index (χ0) is 17.0. The molecule has 0 aromatic heterocycles. The number of carbonyl (C=O) groups excluding carboxylic acids is 2. The summed E-state index contributed by atoms with van der Waals surface area (Å²) in [7, 11) is 0. The molecule has 3 saturated carbocycles. The minimum absolute atomic E-state index is 0.00251. The van der Waals surface area contributed by atoms with Gasteiger partial charge in [-0.25, -0.2) is 4.79 Å². The predicted molar refractivity (Wildman–Crippen MR) is 82.3 cm³/mol. The molecule has 3 spiro atoms. The molecule has 6 fully saturated rings. The predicted octanol–water partition coefficient (Wildman–Crippen LogP) is 1.30. The van der Waals surface area contributed by atoms with E-state index < -0.39 is 17.4 Å². The third-order valence-electron chi connectivity index (χ3n) is 8.14. The van der Waals surface area contributed by atoms with Gasteiger partial charge in [-0.3, -0.25) is 4.79 Å². The molecular weight excluding hydrogens is 326 g/mol. The Kier molecular flexibility index (Phi) is 2.55. The normalized spacial score (nSPS) is 51.5. The Hall–Kier alpha value is -1.34. The van der Waals surface area contributed by atoms with Gasteiger partial charge in [-0.1, -0.05) is 0 Å². The largest absolute Gasteiger partial charge is 0.508 e. The van der Waals surface area contributed by atoms with Crippen LogP contribution in [0.4, 0.5) is 4.79 Å². The number of hydrogen-bond donors (Lipinski definition) is 0. The van der Waals surface area contributed by atoms with Gasteiger partial charge in [0.15, 0.2) is 5.79 Å². The van der Waals surface area contributed by atoms with Crippen LogP contribution in [0.2, 0.25) is 0 Å². The minimum Gasteiger partial charge on any atom is -0.433 e. The highest BCUT2D eigenvalue weighted by atomic mass is 16.7. The number of piperidine rings is 1. The van der Waals surface area contributed by atoms with Gasteiger partial charge in [-0.15, -0.1) is 0 Å². The van der Waals surface area contributed by atoms with E-state index in [4.69, 9.17) is 18.9 Å². The molecule has 3 aliphatic heterocycles. The smallest absolute Gasteiger partial charge is 0.433 e. The number of ether oxygens (including phenoxy) is 4. The van der Waals surface area contributed by atoms with Crippen LogP contribution >= 0.6 is 0 Å². The van der Waals surface area contributed by atoms with Crippen molar-refractivity contribution < 1.29 is 28.5 Å². The van der Waals surface area contributed by atoms with Crippen LogP contribution in [0.25, 0.3) is 0 Å². The molecule has 6 rings (SSSR count). The lowest BCUT2D eigenvalue weighted by Crippen LogP contribution is -2.72. The van der Waals surface area contributed by atoms with Gasteiger partial charge >= 0.3 is 6.16 Å². The lowest BCUT2D eigenvalue weighted by atomic mass is 9.49. The second-order valence-corrected chi connectivity index (χ2v) is 8.57. The molecule has 3 saturated heterocycles. The van der Waals surface area contributed by atoms with Crippen LogP contribution in [0.3, 0.4) is 0 Å². The third kappa shape index (κ3) is 1.38. The number of rotatable bonds is 1. The summed E-state index contributed by atoms with van der Waals surface area (Å²) in [6.45, 7) is 4.13. The quantitative estimate of drug-likeness (QED) is 0.665. The van der Waals surface area contributed by atoms with Crippen molar-refractivity contribution in [2.45, 2.75) is 50.5 Å². The van der Waals surface area contributed by atoms with E-state index >= 15 is 0 Å². The number of likely N-dealkylation sites (tertiary alicyclic amines) is 1. The van der Waals surface area contributed by atoms with Crippen molar-refractivity contribution in [3.05, 3.63) is 0 Å². The standard InChI is InChI=1S/C18H23NO6/c1-2-19-13-10-7-11-16(13,8-18(10)23-5-6-24-18)4-3-12-17(11,14(19)20)9-22-15(21)25-12/h10-13H,2-9H2,1H3/t10?,11?,12-,13-,16?,17+/m1/s1. The highest BCUT2D eigenvalue weighted by Gasteiger charge is 2.83. The van der Waals surface area contributed by atoms with E-state index in [1.54, 1.807) is 0 Å². The van der Waals surface area contributed by atoms with Gasteiger partial charge < -0.3 is 23.8 Å². The maximum absolute atomic E-state index is 13.6. The van der Waals surface area contributed by atoms with Crippen molar-refractivity contribution in [2.75, 3.05) is 26.4 Å². The summed E-state index contributed by atoms with van der Waals surface area (Å²) >= 11 is 0. The maximum atomic E-state index is 13.6. The monoisotopic (exact) mass is 349 g/mol. The highest BCUT2D eigenvalue weighted by Crippen LogP contribution is 2.76. The Morgan fingerprint density at radius 1 is 1.24 bits per heavy atom. The number of amides is 1. The summed E-state index contributed by atoms with van der Waals surface area (Å²) in [5, 5.41) is 0. The average molecular weight is 349 g/mol. The minimum atomic E-state index is -0.715. The topological polar surface area (TPSA) is 74.3 Å². The zero-order valence-electron chi connectivity index (χ0n) is 14.4. The molecule has 7 heteroatoms. The molecule has 0 N–H and O–H groups in total. The van der Waals surface area contributed by atoms with E-state index in [-0.39, 0.29) is 41.9 Å². The fourth-order valence-corrected chi connectivity index (χ4v) is 7.56. The van der Waals surface area contributed by atoms with E-state index in [0.29, 0.717) is 19.8 Å². The van der Waals surface area contributed by atoms with E-state index in [1.807, 2.05) is 11.8 Å². The molecular formula is C18H23NO6. The molecule has 6 atom stereocenters. The van der Waals surface area contributed by atoms with Gasteiger partial charge in [0.05, 0.1) is 13.2 Å². The summed E-state index contributed by atoms with van der Waals surface area (Å²) in [4.78, 5) is 27.3. The molecule has 6 aliphatic rings. The summed E-state index contributed by atoms with van der Waals surface area (Å²) in [5.74, 6) is -0.00927. The fraction of sp³-hybridized carbons (Fsp3) is 0.889. The van der Waals surface area contributed by atoms with Gasteiger partial charge in [-0.05, 0) is 32.1 Å². The van der Waals surface area contributed by atoms with Crippen LogP contribution in [0.15, 0.2) is 0 Å². The molecule has 0 aromatic rings. The van der Waals surface area contributed by atoms with E-state index in [9.17, 15) is 9.59 Å². The van der Waals surface area contributed by atoms with E-state index in [2.05, 4.69) is 0 Å². The Bertz CT molecular complexity index is 674. The molecule has 1 amide bonds. The molecule has 136 valence electrons. The van der Waals surface area contributed by atoms with Crippen LogP contribution in [-0.4, -0.2) is 61.3 Å². The zero-order valence-corrected chi connectivity index (χ0v) is 14.4. The first-order chi connectivity index (χ1) is 12.1. The van der Waals surface area contributed by atoms with Crippen molar-refractivity contribution >= 4 is 12.1 Å². The Balaban J connectivity index is 1.52. The Morgan fingerprint density at radius 3 is 2.80 bits per heavy atom. The highest BCUT2D eigenvalue weighted by molar-refractivity contribution is 5.88. The van der Waals surface area contributed by atoms with Crippen molar-refractivity contribution in [3.63, 3.8) is 0 Å². The number of nitrogens with zero attached hydrogens (tertiary/aromatic N) is 1. The Labute approximate surface area is 145 Å². The first kappa shape index (κ1) is 14.8. The third-order valence-corrected chi connectivity index (χ3v) is 8.14. The van der Waals surface area contributed by atoms with Crippen molar-refractivity contribution in [1.29, 1.82) is 0 Å². The fourth-order valence-electron chi connectivity index (χ4n) is 7.56. The van der Waals surface area contributed by atoms with Crippen LogP contribution in [0.5, 0.6) is 0 Å². The van der Waals surface area contributed by atoms with Crippen LogP contribution in [0, 0.1) is 22.7 Å². The Morgan fingerprint density at radius 2 is 2.04 bits per heavy atom. The second-order valence-electron chi connectivity index (χ2n) is 8.57. The first-order valence-electron chi connectivity index (χ1n) is 9.50. The van der Waals surface area contributed by atoms with E-state index in [1.165, 1.54) is 0 Å². The molecule has 3 aliphatic carbocycles. The number of hydrogen-bond acceptors (Lipinski definition) is 6. The second kappa shape index (κ2) is 4.31. The molecule has 0 radical (unpaired) electrons. The number of fused-ring (bicyclic) bond motifs is 1. The van der Waals surface area contributed by atoms with Crippen molar-refractivity contribution in [2.24, 2.45) is 22.7 Å². The molecule has 3 unspecified atom stereocenters. The van der Waals surface area contributed by atoms with Gasteiger partial charge in [0.1, 0.15) is 18.1 Å². The summed E-state index contributed by atoms with van der Waals surface area (Å²) in [6.07, 6.45) is 2.45. The van der Waals surface area contributed by atoms with Crippen LogP contribution < -0.4 is 0 Å². The molecule has 25 heavy (non-hydrogen) atoms. The van der Waals surface area contributed by atoms with Gasteiger partial charge in [0, 0.05) is 30.3 Å². The van der Waals surface area contributed by atoms with Crippen molar-refractivity contribution in [3.8, 4) is 0 Å². The molecule has 7 nitrogen and oxygen atoms in total. The van der Waals surface area contributed by atoms with Crippen molar-refractivity contribution in [1.82, 2.24) is 4.90 Å². The van der Waals surface area contributed by atoms with Crippen LogP contribution in [-0.2, 0) is 23.7 Å². The van der Waals surface area contributed by atoms with E-state index in [0.717, 1.165) is 25.7 Å². The summed E-state index contributed by atoms with van der Waals surface area (Å²) in [6, 6.07) is 0.178. The molecule has 5 bridgehead atoms. The van der Waals surface area contributed by atoms with Gasteiger partial charge in [0.2, 0.25) is 5.91 Å². The molecule has 0 aromatic carbocycles. The lowest BCUT2D eigenvalue weighted by molar-refractivity contribution is -0.241. The summed E-state index contributed by atoms with van der Waals surface area (Å²) in [5.41, 5.74) is -0.712.